The smallest absolute Gasteiger partial charge is 0.0954 e. The van der Waals surface area contributed by atoms with E-state index in [0.29, 0.717) is 6.42 Å². The molecule has 2 nitrogen and oxygen atoms in total. The molecule has 1 aromatic carbocycles. The summed E-state index contributed by atoms with van der Waals surface area (Å²) in [6, 6.07) is 8.51. The minimum Gasteiger partial charge on any atom is -0.392 e. The minimum atomic E-state index is -0.326. The maximum absolute atomic E-state index is 10.6. The van der Waals surface area contributed by atoms with Crippen molar-refractivity contribution in [1.29, 1.82) is 0 Å². The summed E-state index contributed by atoms with van der Waals surface area (Å²) in [6.45, 7) is 6.53. The predicted octanol–water partition coefficient (Wildman–Crippen LogP) is 4.07. The lowest BCUT2D eigenvalue weighted by Crippen LogP contribution is -2.19. The van der Waals surface area contributed by atoms with Gasteiger partial charge in [0.15, 0.2) is 0 Å². The lowest BCUT2D eigenvalue weighted by atomic mass is 9.92. The van der Waals surface area contributed by atoms with Crippen LogP contribution in [0.3, 0.4) is 0 Å². The maximum Gasteiger partial charge on any atom is 0.0954 e. The molecule has 1 N–H and O–H groups in total. The first-order chi connectivity index (χ1) is 9.95. The predicted molar refractivity (Wildman–Crippen MR) is 88.0 cm³/mol. The summed E-state index contributed by atoms with van der Waals surface area (Å²) >= 11 is 1.67. The standard InChI is InChI=1S/C18H23NOS/c1-18(2,3)16-11-21-17(19-16)10-15(20)14-9-8-12-6-4-5-7-13(12)14/h4-7,11,14-15,20H,8-10H2,1-3H3. The van der Waals surface area contributed by atoms with Crippen LogP contribution in [0.25, 0.3) is 0 Å². The van der Waals surface area contributed by atoms with Crippen molar-refractivity contribution in [3.05, 3.63) is 51.5 Å². The molecule has 112 valence electrons. The Hall–Kier alpha value is -1.19. The number of aliphatic hydroxyl groups excluding tert-OH is 1. The molecule has 1 heterocycles. The van der Waals surface area contributed by atoms with E-state index in [2.05, 4.69) is 50.4 Å². The average Bonchev–Trinajstić information content (AvgIpc) is 3.03. The summed E-state index contributed by atoms with van der Waals surface area (Å²) < 4.78 is 0. The van der Waals surface area contributed by atoms with Gasteiger partial charge in [-0.2, -0.15) is 0 Å². The van der Waals surface area contributed by atoms with Crippen molar-refractivity contribution < 1.29 is 5.11 Å². The second kappa shape index (κ2) is 5.54. The van der Waals surface area contributed by atoms with Crippen LogP contribution in [0.5, 0.6) is 0 Å². The summed E-state index contributed by atoms with van der Waals surface area (Å²) in [7, 11) is 0. The van der Waals surface area contributed by atoms with Crippen LogP contribution in [-0.2, 0) is 18.3 Å². The quantitative estimate of drug-likeness (QED) is 0.927. The van der Waals surface area contributed by atoms with E-state index in [1.807, 2.05) is 0 Å². The summed E-state index contributed by atoms with van der Waals surface area (Å²) in [5, 5.41) is 13.8. The van der Waals surface area contributed by atoms with Crippen molar-refractivity contribution in [2.75, 3.05) is 0 Å². The lowest BCUT2D eigenvalue weighted by molar-refractivity contribution is 0.143. The van der Waals surface area contributed by atoms with Crippen LogP contribution in [-0.4, -0.2) is 16.2 Å². The molecular weight excluding hydrogens is 278 g/mol. The van der Waals surface area contributed by atoms with Crippen LogP contribution in [0.15, 0.2) is 29.6 Å². The average molecular weight is 301 g/mol. The number of aliphatic hydroxyl groups is 1. The van der Waals surface area contributed by atoms with E-state index in [1.54, 1.807) is 11.3 Å². The van der Waals surface area contributed by atoms with Crippen LogP contribution in [0.4, 0.5) is 0 Å². The van der Waals surface area contributed by atoms with Gasteiger partial charge < -0.3 is 5.11 Å². The second-order valence-corrected chi connectivity index (χ2v) is 7.93. The molecule has 3 heteroatoms. The molecule has 0 saturated carbocycles. The van der Waals surface area contributed by atoms with Crippen LogP contribution in [0, 0.1) is 0 Å². The molecule has 0 saturated heterocycles. The van der Waals surface area contributed by atoms with Gasteiger partial charge in [0.25, 0.3) is 0 Å². The molecule has 1 aromatic heterocycles. The third kappa shape index (κ3) is 3.04. The molecule has 0 bridgehead atoms. The molecule has 0 fully saturated rings. The van der Waals surface area contributed by atoms with Crippen molar-refractivity contribution in [2.45, 2.75) is 57.5 Å². The van der Waals surface area contributed by atoms with Gasteiger partial charge in [0.1, 0.15) is 0 Å². The van der Waals surface area contributed by atoms with Crippen LogP contribution in [0.1, 0.15) is 54.9 Å². The fourth-order valence-corrected chi connectivity index (χ4v) is 4.13. The van der Waals surface area contributed by atoms with E-state index in [9.17, 15) is 5.11 Å². The van der Waals surface area contributed by atoms with E-state index in [0.717, 1.165) is 23.5 Å². The number of hydrogen-bond acceptors (Lipinski definition) is 3. The van der Waals surface area contributed by atoms with Gasteiger partial charge in [-0.15, -0.1) is 11.3 Å². The Morgan fingerprint density at radius 3 is 2.81 bits per heavy atom. The highest BCUT2D eigenvalue weighted by Crippen LogP contribution is 2.36. The monoisotopic (exact) mass is 301 g/mol. The first-order valence-corrected chi connectivity index (χ1v) is 8.54. The van der Waals surface area contributed by atoms with Gasteiger partial charge in [0.2, 0.25) is 0 Å². The molecule has 0 radical (unpaired) electrons. The number of thiazole rings is 1. The Morgan fingerprint density at radius 2 is 2.10 bits per heavy atom. The summed E-state index contributed by atoms with van der Waals surface area (Å²) in [6.07, 6.45) is 2.48. The van der Waals surface area contributed by atoms with Gasteiger partial charge in [-0.3, -0.25) is 0 Å². The molecule has 3 rings (SSSR count). The van der Waals surface area contributed by atoms with Crippen molar-refractivity contribution in [2.24, 2.45) is 0 Å². The highest BCUT2D eigenvalue weighted by atomic mass is 32.1. The Morgan fingerprint density at radius 1 is 1.33 bits per heavy atom. The van der Waals surface area contributed by atoms with Crippen LogP contribution < -0.4 is 0 Å². The van der Waals surface area contributed by atoms with Crippen molar-refractivity contribution in [3.63, 3.8) is 0 Å². The number of aromatic nitrogens is 1. The zero-order valence-electron chi connectivity index (χ0n) is 13.0. The SMILES string of the molecule is CC(C)(C)c1csc(CC(O)C2CCc3ccccc32)n1. The van der Waals surface area contributed by atoms with E-state index in [1.165, 1.54) is 11.1 Å². The fraction of sp³-hybridized carbons (Fsp3) is 0.500. The van der Waals surface area contributed by atoms with Gasteiger partial charge >= 0.3 is 0 Å². The first-order valence-electron chi connectivity index (χ1n) is 7.66. The van der Waals surface area contributed by atoms with Gasteiger partial charge in [-0.1, -0.05) is 45.0 Å². The number of rotatable bonds is 3. The number of benzene rings is 1. The third-order valence-corrected chi connectivity index (χ3v) is 5.22. The molecule has 0 aliphatic heterocycles. The number of hydrogen-bond donors (Lipinski definition) is 1. The minimum absolute atomic E-state index is 0.0830. The van der Waals surface area contributed by atoms with Gasteiger partial charge in [0, 0.05) is 23.1 Å². The zero-order valence-corrected chi connectivity index (χ0v) is 13.8. The molecule has 0 spiro atoms. The molecule has 0 amide bonds. The molecule has 2 atom stereocenters. The summed E-state index contributed by atoms with van der Waals surface area (Å²) in [5.74, 6) is 0.267. The first kappa shape index (κ1) is 14.7. The lowest BCUT2D eigenvalue weighted by Gasteiger charge is -2.18. The van der Waals surface area contributed by atoms with Gasteiger partial charge in [-0.05, 0) is 24.0 Å². The topological polar surface area (TPSA) is 33.1 Å². The van der Waals surface area contributed by atoms with E-state index >= 15 is 0 Å². The van der Waals surface area contributed by atoms with Crippen molar-refractivity contribution >= 4 is 11.3 Å². The fourth-order valence-electron chi connectivity index (χ4n) is 3.06. The molecule has 2 unspecified atom stereocenters. The molecule has 21 heavy (non-hydrogen) atoms. The van der Waals surface area contributed by atoms with Crippen molar-refractivity contribution in [3.8, 4) is 0 Å². The third-order valence-electron chi connectivity index (χ3n) is 4.35. The van der Waals surface area contributed by atoms with Crippen molar-refractivity contribution in [1.82, 2.24) is 4.98 Å². The normalized spacial score (nSPS) is 19.5. The van der Waals surface area contributed by atoms with E-state index < -0.39 is 0 Å². The summed E-state index contributed by atoms with van der Waals surface area (Å²) in [4.78, 5) is 4.71. The van der Waals surface area contributed by atoms with E-state index in [-0.39, 0.29) is 17.4 Å². The maximum atomic E-state index is 10.6. The highest BCUT2D eigenvalue weighted by molar-refractivity contribution is 7.09. The van der Waals surface area contributed by atoms with Gasteiger partial charge in [-0.25, -0.2) is 4.98 Å². The second-order valence-electron chi connectivity index (χ2n) is 6.99. The largest absolute Gasteiger partial charge is 0.392 e. The molecule has 1 aliphatic carbocycles. The van der Waals surface area contributed by atoms with Crippen LogP contribution >= 0.6 is 11.3 Å². The Kier molecular flexibility index (Phi) is 3.89. The Balaban J connectivity index is 1.73. The zero-order chi connectivity index (χ0) is 15.0. The summed E-state index contributed by atoms with van der Waals surface area (Å²) in [5.41, 5.74) is 3.94. The highest BCUT2D eigenvalue weighted by Gasteiger charge is 2.29. The molecule has 2 aromatic rings. The molecular formula is C18H23NOS. The number of aryl methyl sites for hydroxylation is 1. The van der Waals surface area contributed by atoms with Crippen LogP contribution in [0.2, 0.25) is 0 Å². The van der Waals surface area contributed by atoms with Gasteiger partial charge in [0.05, 0.1) is 16.8 Å². The van der Waals surface area contributed by atoms with E-state index in [4.69, 9.17) is 4.98 Å². The molecule has 1 aliphatic rings. The number of fused-ring (bicyclic) bond motifs is 1. The number of nitrogens with zero attached hydrogens (tertiary/aromatic N) is 1. The Labute approximate surface area is 130 Å². The Bertz CT molecular complexity index is 626.